The van der Waals surface area contributed by atoms with Crippen LogP contribution in [0.4, 0.5) is 0 Å². The van der Waals surface area contributed by atoms with Crippen LogP contribution in [-0.4, -0.2) is 32.6 Å². The molecule has 0 aromatic heterocycles. The minimum absolute atomic E-state index is 0.276. The molecule has 0 bridgehead atoms. The highest BCUT2D eigenvalue weighted by Gasteiger charge is 2.44. The zero-order valence-corrected chi connectivity index (χ0v) is 14.3. The first-order chi connectivity index (χ1) is 10.5. The van der Waals surface area contributed by atoms with Crippen molar-refractivity contribution in [3.63, 3.8) is 0 Å². The van der Waals surface area contributed by atoms with E-state index in [0.29, 0.717) is 30.2 Å². The van der Waals surface area contributed by atoms with Crippen molar-refractivity contribution in [2.45, 2.75) is 45.1 Å². The third-order valence-electron chi connectivity index (χ3n) is 4.94. The maximum Gasteiger partial charge on any atom is 0.138 e. The first kappa shape index (κ1) is 15.8. The molecule has 22 heavy (non-hydrogen) atoms. The third-order valence-corrected chi connectivity index (χ3v) is 5.24. The molecule has 120 valence electrons. The van der Waals surface area contributed by atoms with Crippen molar-refractivity contribution in [3.05, 3.63) is 28.3 Å². The van der Waals surface area contributed by atoms with E-state index in [1.54, 1.807) is 7.11 Å². The summed E-state index contributed by atoms with van der Waals surface area (Å²) in [5, 5.41) is 0.665. The van der Waals surface area contributed by atoms with E-state index in [-0.39, 0.29) is 5.41 Å². The molecule has 2 aliphatic rings. The Bertz CT molecular complexity index is 583. The number of halogens is 1. The van der Waals surface area contributed by atoms with Crippen molar-refractivity contribution in [2.75, 3.05) is 20.3 Å². The topological polar surface area (TPSA) is 30.8 Å². The lowest BCUT2D eigenvalue weighted by Crippen LogP contribution is -2.28. The molecule has 0 unspecified atom stereocenters. The van der Waals surface area contributed by atoms with E-state index < -0.39 is 0 Å². The molecule has 3 rings (SSSR count). The van der Waals surface area contributed by atoms with Crippen LogP contribution >= 0.6 is 11.6 Å². The second-order valence-electron chi connectivity index (χ2n) is 6.96. The van der Waals surface area contributed by atoms with Gasteiger partial charge in [-0.25, -0.2) is 0 Å². The van der Waals surface area contributed by atoms with Gasteiger partial charge in [-0.1, -0.05) is 25.4 Å². The molecular formula is C18H24ClNO2. The van der Waals surface area contributed by atoms with Gasteiger partial charge in [-0.2, -0.15) is 0 Å². The monoisotopic (exact) mass is 321 g/mol. The number of benzene rings is 1. The fraction of sp³-hybridized carbons (Fsp3) is 0.611. The van der Waals surface area contributed by atoms with E-state index in [0.717, 1.165) is 17.7 Å². The number of methoxy groups -OCH3 is 1. The molecular weight excluding hydrogens is 298 g/mol. The Morgan fingerprint density at radius 2 is 2.14 bits per heavy atom. The Labute approximate surface area is 137 Å². The third kappa shape index (κ3) is 2.89. The second-order valence-corrected chi connectivity index (χ2v) is 7.37. The minimum Gasteiger partial charge on any atom is -0.492 e. The van der Waals surface area contributed by atoms with Crippen molar-refractivity contribution in [1.29, 1.82) is 0 Å². The molecule has 0 radical (unpaired) electrons. The number of rotatable bonds is 5. The standard InChI is InChI=1S/C18H24ClNO2/c1-18(2)6-5-13-14-10-16(22-8-4-7-21-3)15(19)9-12(14)11-20-17(13)18/h9-11,13,17H,4-8H2,1-3H3/t13-,17-/m0/s1. The van der Waals surface area contributed by atoms with Gasteiger partial charge in [0, 0.05) is 32.3 Å². The number of ether oxygens (including phenoxy) is 2. The van der Waals surface area contributed by atoms with E-state index in [1.807, 2.05) is 12.3 Å². The van der Waals surface area contributed by atoms with Crippen LogP contribution in [0.1, 0.15) is 50.2 Å². The normalized spacial score (nSPS) is 24.9. The van der Waals surface area contributed by atoms with Crippen molar-refractivity contribution < 1.29 is 9.47 Å². The summed E-state index contributed by atoms with van der Waals surface area (Å²) in [5.41, 5.74) is 2.77. The molecule has 1 fully saturated rings. The Morgan fingerprint density at radius 3 is 2.91 bits per heavy atom. The molecule has 2 atom stereocenters. The quantitative estimate of drug-likeness (QED) is 0.750. The predicted octanol–water partition coefficient (Wildman–Crippen LogP) is 4.46. The van der Waals surface area contributed by atoms with E-state index in [9.17, 15) is 0 Å². The maximum atomic E-state index is 6.36. The molecule has 1 heterocycles. The number of aliphatic imine (C=N–C) groups is 1. The van der Waals surface area contributed by atoms with Crippen molar-refractivity contribution in [1.82, 2.24) is 0 Å². The molecule has 0 saturated heterocycles. The highest BCUT2D eigenvalue weighted by Crippen LogP contribution is 2.51. The number of nitrogens with zero attached hydrogens (tertiary/aromatic N) is 1. The van der Waals surface area contributed by atoms with Gasteiger partial charge < -0.3 is 9.47 Å². The van der Waals surface area contributed by atoms with Gasteiger partial charge in [0.2, 0.25) is 0 Å². The van der Waals surface area contributed by atoms with Gasteiger partial charge in [0.25, 0.3) is 0 Å². The summed E-state index contributed by atoms with van der Waals surface area (Å²) < 4.78 is 10.9. The molecule has 3 nitrogen and oxygen atoms in total. The molecule has 1 aromatic rings. The molecule has 0 amide bonds. The predicted molar refractivity (Wildman–Crippen MR) is 90.6 cm³/mol. The summed E-state index contributed by atoms with van der Waals surface area (Å²) in [6.07, 6.45) is 5.26. The van der Waals surface area contributed by atoms with Crippen molar-refractivity contribution >= 4 is 17.8 Å². The highest BCUT2D eigenvalue weighted by atomic mass is 35.5. The zero-order valence-electron chi connectivity index (χ0n) is 13.6. The van der Waals surface area contributed by atoms with Crippen LogP contribution in [0.15, 0.2) is 17.1 Å². The molecule has 1 aliphatic heterocycles. The first-order valence-corrected chi connectivity index (χ1v) is 8.39. The van der Waals surface area contributed by atoms with Crippen LogP contribution in [0, 0.1) is 5.41 Å². The van der Waals surface area contributed by atoms with Gasteiger partial charge in [0.05, 0.1) is 17.7 Å². The Kier molecular flexibility index (Phi) is 4.47. The van der Waals surface area contributed by atoms with Gasteiger partial charge >= 0.3 is 0 Å². The van der Waals surface area contributed by atoms with Crippen LogP contribution in [0.5, 0.6) is 5.75 Å². The average Bonchev–Trinajstić information content (AvgIpc) is 2.79. The van der Waals surface area contributed by atoms with Crippen molar-refractivity contribution in [3.8, 4) is 5.75 Å². The first-order valence-electron chi connectivity index (χ1n) is 8.01. The van der Waals surface area contributed by atoms with Crippen LogP contribution < -0.4 is 4.74 Å². The van der Waals surface area contributed by atoms with Crippen molar-refractivity contribution in [2.24, 2.45) is 10.4 Å². The van der Waals surface area contributed by atoms with Gasteiger partial charge in [0.1, 0.15) is 5.75 Å². The average molecular weight is 322 g/mol. The SMILES string of the molecule is COCCCOc1cc2c(cc1Cl)C=N[C@H]1[C@H]2CCC1(C)C. The lowest BCUT2D eigenvalue weighted by atomic mass is 9.80. The molecule has 0 spiro atoms. The smallest absolute Gasteiger partial charge is 0.138 e. The van der Waals surface area contributed by atoms with Gasteiger partial charge in [-0.05, 0) is 41.5 Å². The summed E-state index contributed by atoms with van der Waals surface area (Å²) in [4.78, 5) is 4.80. The van der Waals surface area contributed by atoms with Crippen LogP contribution in [-0.2, 0) is 4.74 Å². The lowest BCUT2D eigenvalue weighted by Gasteiger charge is -2.31. The molecule has 4 heteroatoms. The Hall–Kier alpha value is -1.06. The Morgan fingerprint density at radius 1 is 1.32 bits per heavy atom. The van der Waals surface area contributed by atoms with E-state index in [1.165, 1.54) is 18.4 Å². The largest absolute Gasteiger partial charge is 0.492 e. The molecule has 1 aromatic carbocycles. The summed E-state index contributed by atoms with van der Waals surface area (Å²) in [6.45, 7) is 5.96. The fourth-order valence-corrected chi connectivity index (χ4v) is 3.91. The van der Waals surface area contributed by atoms with Crippen LogP contribution in [0.25, 0.3) is 0 Å². The Balaban J connectivity index is 1.83. The number of hydrogen-bond acceptors (Lipinski definition) is 3. The maximum absolute atomic E-state index is 6.36. The van der Waals surface area contributed by atoms with E-state index in [2.05, 4.69) is 19.9 Å². The zero-order chi connectivity index (χ0) is 15.7. The molecule has 0 N–H and O–H groups in total. The highest BCUT2D eigenvalue weighted by molar-refractivity contribution is 6.32. The molecule has 1 saturated carbocycles. The summed E-state index contributed by atoms with van der Waals surface area (Å²) in [6, 6.07) is 4.50. The number of fused-ring (bicyclic) bond motifs is 3. The van der Waals surface area contributed by atoms with Crippen LogP contribution in [0.3, 0.4) is 0 Å². The van der Waals surface area contributed by atoms with E-state index >= 15 is 0 Å². The number of hydrogen-bond donors (Lipinski definition) is 0. The fourth-order valence-electron chi connectivity index (χ4n) is 3.68. The minimum atomic E-state index is 0.276. The van der Waals surface area contributed by atoms with Gasteiger partial charge in [0.15, 0.2) is 0 Å². The lowest BCUT2D eigenvalue weighted by molar-refractivity contribution is 0.172. The summed E-state index contributed by atoms with van der Waals surface area (Å²) >= 11 is 6.36. The molecule has 1 aliphatic carbocycles. The van der Waals surface area contributed by atoms with Gasteiger partial charge in [-0.15, -0.1) is 0 Å². The second kappa shape index (κ2) is 6.21. The van der Waals surface area contributed by atoms with Crippen LogP contribution in [0.2, 0.25) is 5.02 Å². The van der Waals surface area contributed by atoms with E-state index in [4.69, 9.17) is 26.1 Å². The van der Waals surface area contributed by atoms with Gasteiger partial charge in [-0.3, -0.25) is 4.99 Å². The summed E-state index contributed by atoms with van der Waals surface area (Å²) in [5.74, 6) is 1.28. The summed E-state index contributed by atoms with van der Waals surface area (Å²) in [7, 11) is 1.70.